The maximum Gasteiger partial charge on any atom is 0.251 e. The van der Waals surface area contributed by atoms with Gasteiger partial charge in [-0.05, 0) is 42.8 Å². The molecule has 0 saturated heterocycles. The van der Waals surface area contributed by atoms with Gasteiger partial charge < -0.3 is 20.1 Å². The normalized spacial score (nSPS) is 10.1. The monoisotopic (exact) mass is 346 g/mol. The van der Waals surface area contributed by atoms with Gasteiger partial charge in [-0.15, -0.1) is 0 Å². The zero-order valence-electron chi connectivity index (χ0n) is 14.2. The summed E-state index contributed by atoms with van der Waals surface area (Å²) in [7, 11) is 2.96. The number of carbonyl (C=O) groups is 2. The molecule has 7 heteroatoms. The van der Waals surface area contributed by atoms with E-state index in [2.05, 4.69) is 10.6 Å². The quantitative estimate of drug-likeness (QED) is 0.843. The highest BCUT2D eigenvalue weighted by Crippen LogP contribution is 2.27. The van der Waals surface area contributed by atoms with E-state index in [1.807, 2.05) is 0 Å². The van der Waals surface area contributed by atoms with Gasteiger partial charge in [-0.2, -0.15) is 0 Å². The molecule has 2 aromatic carbocycles. The molecule has 0 aliphatic carbocycles. The highest BCUT2D eigenvalue weighted by Gasteiger charge is 2.12. The number of amides is 2. The average Bonchev–Trinajstić information content (AvgIpc) is 2.62. The first-order valence-corrected chi connectivity index (χ1v) is 7.51. The second-order valence-corrected chi connectivity index (χ2v) is 5.26. The van der Waals surface area contributed by atoms with E-state index in [0.29, 0.717) is 28.3 Å². The third-order valence-corrected chi connectivity index (χ3v) is 3.51. The van der Waals surface area contributed by atoms with Crippen molar-refractivity contribution < 1.29 is 23.5 Å². The van der Waals surface area contributed by atoms with E-state index < -0.39 is 17.6 Å². The summed E-state index contributed by atoms with van der Waals surface area (Å²) < 4.78 is 23.7. The van der Waals surface area contributed by atoms with Crippen molar-refractivity contribution in [1.82, 2.24) is 5.32 Å². The zero-order chi connectivity index (χ0) is 18.4. The Morgan fingerprint density at radius 3 is 2.40 bits per heavy atom. The minimum Gasteiger partial charge on any atom is -0.493 e. The van der Waals surface area contributed by atoms with Crippen LogP contribution < -0.4 is 20.1 Å². The maximum absolute atomic E-state index is 13.5. The van der Waals surface area contributed by atoms with Crippen molar-refractivity contribution in [3.8, 4) is 11.5 Å². The van der Waals surface area contributed by atoms with Crippen molar-refractivity contribution >= 4 is 17.5 Å². The van der Waals surface area contributed by atoms with Crippen LogP contribution in [0.1, 0.15) is 15.9 Å². The molecule has 0 aliphatic rings. The molecule has 2 N–H and O–H groups in total. The lowest BCUT2D eigenvalue weighted by atomic mass is 10.2. The number of halogens is 1. The average molecular weight is 346 g/mol. The van der Waals surface area contributed by atoms with Crippen molar-refractivity contribution in [2.24, 2.45) is 0 Å². The Kier molecular flexibility index (Phi) is 5.94. The summed E-state index contributed by atoms with van der Waals surface area (Å²) in [5.74, 6) is -0.400. The van der Waals surface area contributed by atoms with Gasteiger partial charge in [0.1, 0.15) is 5.82 Å². The molecule has 0 unspecified atom stereocenters. The molecule has 0 atom stereocenters. The summed E-state index contributed by atoms with van der Waals surface area (Å²) in [5, 5.41) is 5.01. The van der Waals surface area contributed by atoms with Gasteiger partial charge in [0.25, 0.3) is 5.91 Å². The lowest BCUT2D eigenvalue weighted by molar-refractivity contribution is -0.115. The molecule has 0 spiro atoms. The van der Waals surface area contributed by atoms with E-state index in [0.717, 1.165) is 0 Å². The summed E-state index contributed by atoms with van der Waals surface area (Å²) in [4.78, 5) is 24.0. The molecular weight excluding hydrogens is 327 g/mol. The van der Waals surface area contributed by atoms with E-state index in [9.17, 15) is 14.0 Å². The Labute approximate surface area is 144 Å². The molecule has 132 valence electrons. The van der Waals surface area contributed by atoms with Crippen molar-refractivity contribution in [3.05, 3.63) is 53.3 Å². The summed E-state index contributed by atoms with van der Waals surface area (Å²) in [5.41, 5.74) is 1.14. The molecule has 0 radical (unpaired) electrons. The predicted octanol–water partition coefficient (Wildman–Crippen LogP) is 2.52. The topological polar surface area (TPSA) is 76.7 Å². The molecule has 0 aliphatic heterocycles. The van der Waals surface area contributed by atoms with Crippen molar-refractivity contribution in [2.45, 2.75) is 6.92 Å². The Morgan fingerprint density at radius 2 is 1.76 bits per heavy atom. The largest absolute Gasteiger partial charge is 0.493 e. The Morgan fingerprint density at radius 1 is 1.04 bits per heavy atom. The second-order valence-electron chi connectivity index (χ2n) is 5.26. The number of methoxy groups -OCH3 is 2. The fourth-order valence-electron chi connectivity index (χ4n) is 2.12. The van der Waals surface area contributed by atoms with Crippen LogP contribution in [-0.4, -0.2) is 32.6 Å². The standard InChI is InChI=1S/C18H19FN2O4/c1-11-4-6-13(9-14(11)19)21-17(22)10-20-18(23)12-5-7-15(24-2)16(8-12)25-3/h4-9H,10H2,1-3H3,(H,20,23)(H,21,22). The smallest absolute Gasteiger partial charge is 0.251 e. The van der Waals surface area contributed by atoms with Crippen molar-refractivity contribution in [1.29, 1.82) is 0 Å². The third-order valence-electron chi connectivity index (χ3n) is 3.51. The molecule has 6 nitrogen and oxygen atoms in total. The molecule has 0 aromatic heterocycles. The first-order valence-electron chi connectivity index (χ1n) is 7.51. The Balaban J connectivity index is 1.94. The zero-order valence-corrected chi connectivity index (χ0v) is 14.2. The Bertz CT molecular complexity index is 793. The SMILES string of the molecule is COc1ccc(C(=O)NCC(=O)Nc2ccc(C)c(F)c2)cc1OC. The van der Waals surface area contributed by atoms with Gasteiger partial charge >= 0.3 is 0 Å². The van der Waals surface area contributed by atoms with Gasteiger partial charge in [0.15, 0.2) is 11.5 Å². The summed E-state index contributed by atoms with van der Waals surface area (Å²) in [6, 6.07) is 9.05. The molecule has 0 fully saturated rings. The van der Waals surface area contributed by atoms with Crippen LogP contribution in [0, 0.1) is 12.7 Å². The molecular formula is C18H19FN2O4. The van der Waals surface area contributed by atoms with E-state index in [1.165, 1.54) is 26.4 Å². The molecule has 25 heavy (non-hydrogen) atoms. The fraction of sp³-hybridized carbons (Fsp3) is 0.222. The number of aryl methyl sites for hydroxylation is 1. The summed E-state index contributed by atoms with van der Waals surface area (Å²) in [6.07, 6.45) is 0. The van der Waals surface area contributed by atoms with Gasteiger partial charge in [0.05, 0.1) is 20.8 Å². The molecule has 0 saturated carbocycles. The molecule has 2 amide bonds. The summed E-state index contributed by atoms with van der Waals surface area (Å²) in [6.45, 7) is 1.38. The number of benzene rings is 2. The third kappa shape index (κ3) is 4.69. The van der Waals surface area contributed by atoms with Crippen LogP contribution in [0.5, 0.6) is 11.5 Å². The van der Waals surface area contributed by atoms with E-state index in [4.69, 9.17) is 9.47 Å². The molecule has 2 rings (SSSR count). The minimum absolute atomic E-state index is 0.247. The van der Waals surface area contributed by atoms with Crippen molar-refractivity contribution in [3.63, 3.8) is 0 Å². The van der Waals surface area contributed by atoms with Crippen LogP contribution in [0.3, 0.4) is 0 Å². The van der Waals surface area contributed by atoms with E-state index >= 15 is 0 Å². The van der Waals surface area contributed by atoms with Crippen LogP contribution in [0.4, 0.5) is 10.1 Å². The molecule has 0 heterocycles. The van der Waals surface area contributed by atoms with E-state index in [1.54, 1.807) is 31.2 Å². The lowest BCUT2D eigenvalue weighted by Gasteiger charge is -2.10. The van der Waals surface area contributed by atoms with Crippen LogP contribution >= 0.6 is 0 Å². The van der Waals surface area contributed by atoms with Crippen molar-refractivity contribution in [2.75, 3.05) is 26.1 Å². The highest BCUT2D eigenvalue weighted by atomic mass is 19.1. The number of ether oxygens (including phenoxy) is 2. The Hall–Kier alpha value is -3.09. The predicted molar refractivity (Wildman–Crippen MR) is 91.6 cm³/mol. The van der Waals surface area contributed by atoms with E-state index in [-0.39, 0.29) is 6.54 Å². The number of hydrogen-bond acceptors (Lipinski definition) is 4. The van der Waals surface area contributed by atoms with Gasteiger partial charge in [-0.3, -0.25) is 9.59 Å². The van der Waals surface area contributed by atoms with Gasteiger partial charge in [-0.1, -0.05) is 6.07 Å². The molecule has 2 aromatic rings. The summed E-state index contributed by atoms with van der Waals surface area (Å²) >= 11 is 0. The lowest BCUT2D eigenvalue weighted by Crippen LogP contribution is -2.32. The fourth-order valence-corrected chi connectivity index (χ4v) is 2.12. The van der Waals surface area contributed by atoms with Crippen LogP contribution in [-0.2, 0) is 4.79 Å². The van der Waals surface area contributed by atoms with Crippen LogP contribution in [0.25, 0.3) is 0 Å². The number of hydrogen-bond donors (Lipinski definition) is 2. The van der Waals surface area contributed by atoms with Gasteiger partial charge in [-0.25, -0.2) is 4.39 Å². The first-order chi connectivity index (χ1) is 11.9. The maximum atomic E-state index is 13.5. The van der Waals surface area contributed by atoms with Gasteiger partial charge in [0, 0.05) is 11.3 Å². The first kappa shape index (κ1) is 18.3. The molecule has 0 bridgehead atoms. The van der Waals surface area contributed by atoms with Gasteiger partial charge in [0.2, 0.25) is 5.91 Å². The number of nitrogens with one attached hydrogen (secondary N) is 2. The number of rotatable bonds is 6. The number of carbonyl (C=O) groups excluding carboxylic acids is 2. The van der Waals surface area contributed by atoms with Crippen LogP contribution in [0.2, 0.25) is 0 Å². The number of anilines is 1. The highest BCUT2D eigenvalue weighted by molar-refractivity contribution is 5.99. The van der Waals surface area contributed by atoms with Crippen LogP contribution in [0.15, 0.2) is 36.4 Å². The second kappa shape index (κ2) is 8.14. The minimum atomic E-state index is -0.461.